The summed E-state index contributed by atoms with van der Waals surface area (Å²) in [5.74, 6) is 2.47. The normalized spacial score (nSPS) is 15.2. The van der Waals surface area contributed by atoms with Crippen LogP contribution in [0.2, 0.25) is 0 Å². The maximum atomic E-state index is 14.3. The van der Waals surface area contributed by atoms with Crippen molar-refractivity contribution in [2.45, 2.75) is 26.5 Å². The number of hydrogen-bond acceptors (Lipinski definition) is 10. The number of rotatable bonds is 9. The molecular formula is C37H32N2O8S. The molecule has 0 fully saturated rings. The first-order chi connectivity index (χ1) is 23.4. The molecule has 2 aliphatic rings. The first kappa shape index (κ1) is 31.1. The van der Waals surface area contributed by atoms with Gasteiger partial charge >= 0.3 is 5.97 Å². The molecule has 244 valence electrons. The SMILES string of the molecule is CCOC(=O)C1=C(C)N=c2s/c(=C\c3ccc(OCc4ccc5c(c4)OCO5)c(OC)c3)c(=O)n2[C@@H]1c1c(OC)ccc2ccccc12. The van der Waals surface area contributed by atoms with Crippen LogP contribution >= 0.6 is 11.3 Å². The Morgan fingerprint density at radius 3 is 2.58 bits per heavy atom. The van der Waals surface area contributed by atoms with E-state index in [1.165, 1.54) is 11.3 Å². The lowest BCUT2D eigenvalue weighted by atomic mass is 9.90. The van der Waals surface area contributed by atoms with Gasteiger partial charge < -0.3 is 28.4 Å². The molecule has 0 N–H and O–H groups in total. The summed E-state index contributed by atoms with van der Waals surface area (Å²) < 4.78 is 35.9. The van der Waals surface area contributed by atoms with Gasteiger partial charge in [0.25, 0.3) is 5.56 Å². The maximum Gasteiger partial charge on any atom is 0.338 e. The minimum Gasteiger partial charge on any atom is -0.496 e. The molecule has 10 nitrogen and oxygen atoms in total. The van der Waals surface area contributed by atoms with Gasteiger partial charge in [-0.1, -0.05) is 53.8 Å². The Hall–Kier alpha value is -5.55. The van der Waals surface area contributed by atoms with Crippen LogP contribution in [0.15, 0.2) is 93.9 Å². The largest absolute Gasteiger partial charge is 0.496 e. The third-order valence-corrected chi connectivity index (χ3v) is 9.24. The highest BCUT2D eigenvalue weighted by Crippen LogP contribution is 2.40. The quantitative estimate of drug-likeness (QED) is 0.196. The Bertz CT molecular complexity index is 2290. The Morgan fingerprint density at radius 1 is 0.979 bits per heavy atom. The van der Waals surface area contributed by atoms with Crippen molar-refractivity contribution < 1.29 is 33.2 Å². The standard InChI is InChI=1S/C37H32N2O8S/c1-5-44-36(41)32-21(2)38-37-39(34(32)33-25-9-7-6-8-24(25)12-15-28(33)42-3)35(40)31(48-37)18-22-10-13-26(29(16-22)43-4)45-19-23-11-14-27-30(17-23)47-20-46-27/h6-18,34H,5,19-20H2,1-4H3/b31-18-/t34-/m0/s1. The lowest BCUT2D eigenvalue weighted by Crippen LogP contribution is -2.40. The smallest absolute Gasteiger partial charge is 0.338 e. The molecule has 4 aromatic carbocycles. The number of aromatic nitrogens is 1. The minimum absolute atomic E-state index is 0.178. The van der Waals surface area contributed by atoms with Gasteiger partial charge in [0, 0.05) is 5.56 Å². The minimum atomic E-state index is -0.829. The number of esters is 1. The maximum absolute atomic E-state index is 14.3. The van der Waals surface area contributed by atoms with E-state index in [1.54, 1.807) is 38.7 Å². The Balaban J connectivity index is 1.30. The Morgan fingerprint density at radius 2 is 1.77 bits per heavy atom. The van der Waals surface area contributed by atoms with E-state index in [2.05, 4.69) is 0 Å². The highest BCUT2D eigenvalue weighted by Gasteiger charge is 2.36. The number of carbonyl (C=O) groups excluding carboxylic acids is 1. The van der Waals surface area contributed by atoms with Crippen molar-refractivity contribution in [3.63, 3.8) is 0 Å². The zero-order valence-electron chi connectivity index (χ0n) is 26.8. The number of fused-ring (bicyclic) bond motifs is 3. The van der Waals surface area contributed by atoms with E-state index in [9.17, 15) is 9.59 Å². The second kappa shape index (κ2) is 12.9. The van der Waals surface area contributed by atoms with Gasteiger partial charge in [-0.15, -0.1) is 0 Å². The summed E-state index contributed by atoms with van der Waals surface area (Å²) in [5.41, 5.74) is 2.80. The number of ether oxygens (including phenoxy) is 6. The second-order valence-electron chi connectivity index (χ2n) is 11.1. The zero-order valence-corrected chi connectivity index (χ0v) is 27.6. The summed E-state index contributed by atoms with van der Waals surface area (Å²) in [4.78, 5) is 33.0. The van der Waals surface area contributed by atoms with Gasteiger partial charge in [-0.25, -0.2) is 9.79 Å². The van der Waals surface area contributed by atoms with Gasteiger partial charge in [0.1, 0.15) is 18.4 Å². The van der Waals surface area contributed by atoms with E-state index in [0.29, 0.717) is 55.9 Å². The van der Waals surface area contributed by atoms with Gasteiger partial charge in [0.05, 0.1) is 36.6 Å². The van der Waals surface area contributed by atoms with Crippen LogP contribution in [0.4, 0.5) is 0 Å². The van der Waals surface area contributed by atoms with E-state index < -0.39 is 12.0 Å². The van der Waals surface area contributed by atoms with E-state index >= 15 is 0 Å². The highest BCUT2D eigenvalue weighted by atomic mass is 32.1. The lowest BCUT2D eigenvalue weighted by molar-refractivity contribution is -0.139. The molecule has 0 unspecified atom stereocenters. The molecule has 7 rings (SSSR count). The molecule has 0 amide bonds. The lowest BCUT2D eigenvalue weighted by Gasteiger charge is -2.27. The van der Waals surface area contributed by atoms with Gasteiger partial charge in [0.2, 0.25) is 6.79 Å². The van der Waals surface area contributed by atoms with Crippen molar-refractivity contribution in [3.8, 4) is 28.7 Å². The summed E-state index contributed by atoms with van der Waals surface area (Å²) >= 11 is 1.25. The van der Waals surface area contributed by atoms with Crippen molar-refractivity contribution in [1.29, 1.82) is 0 Å². The summed E-state index contributed by atoms with van der Waals surface area (Å²) in [6.45, 7) is 4.19. The van der Waals surface area contributed by atoms with Crippen LogP contribution in [0.3, 0.4) is 0 Å². The number of nitrogens with zero attached hydrogens (tertiary/aromatic N) is 2. The fourth-order valence-electron chi connectivity index (χ4n) is 6.04. The number of thiazole rings is 1. The number of benzene rings is 4. The molecule has 0 saturated heterocycles. The molecule has 1 atom stereocenters. The highest BCUT2D eigenvalue weighted by molar-refractivity contribution is 7.07. The van der Waals surface area contributed by atoms with Crippen LogP contribution in [-0.4, -0.2) is 38.2 Å². The van der Waals surface area contributed by atoms with Crippen LogP contribution in [0, 0.1) is 0 Å². The van der Waals surface area contributed by atoms with Gasteiger partial charge in [-0.05, 0) is 72.2 Å². The first-order valence-electron chi connectivity index (χ1n) is 15.3. The molecule has 0 radical (unpaired) electrons. The third kappa shape index (κ3) is 5.56. The van der Waals surface area contributed by atoms with Gasteiger partial charge in [-0.2, -0.15) is 0 Å². The molecule has 48 heavy (non-hydrogen) atoms. The van der Waals surface area contributed by atoms with Crippen LogP contribution in [0.5, 0.6) is 28.7 Å². The van der Waals surface area contributed by atoms with Gasteiger partial charge in [0.15, 0.2) is 27.8 Å². The first-order valence-corrected chi connectivity index (χ1v) is 16.2. The summed E-state index contributed by atoms with van der Waals surface area (Å²) in [5, 5.41) is 1.80. The zero-order chi connectivity index (χ0) is 33.4. The van der Waals surface area contributed by atoms with Crippen molar-refractivity contribution in [2.75, 3.05) is 27.6 Å². The predicted octanol–water partition coefficient (Wildman–Crippen LogP) is 5.28. The molecule has 1 aromatic heterocycles. The van der Waals surface area contributed by atoms with Crippen molar-refractivity contribution in [1.82, 2.24) is 4.57 Å². The number of hydrogen-bond donors (Lipinski definition) is 0. The third-order valence-electron chi connectivity index (χ3n) is 8.26. The van der Waals surface area contributed by atoms with Crippen LogP contribution in [-0.2, 0) is 16.1 Å². The molecule has 0 bridgehead atoms. The van der Waals surface area contributed by atoms with Crippen molar-refractivity contribution in [3.05, 3.63) is 120 Å². The fourth-order valence-corrected chi connectivity index (χ4v) is 7.08. The van der Waals surface area contributed by atoms with Crippen LogP contribution < -0.4 is 38.6 Å². The van der Waals surface area contributed by atoms with Crippen molar-refractivity contribution >= 4 is 34.2 Å². The Kier molecular flexibility index (Phi) is 8.36. The number of allylic oxidation sites excluding steroid dienone is 1. The van der Waals surface area contributed by atoms with E-state index in [1.807, 2.05) is 72.8 Å². The average Bonchev–Trinajstić information content (AvgIpc) is 3.69. The van der Waals surface area contributed by atoms with Crippen LogP contribution in [0.1, 0.15) is 36.6 Å². The van der Waals surface area contributed by atoms with E-state index in [4.69, 9.17) is 33.4 Å². The fraction of sp³-hybridized carbons (Fsp3) is 0.216. The molecule has 11 heteroatoms. The van der Waals surface area contributed by atoms with E-state index in [-0.39, 0.29) is 24.5 Å². The molecular weight excluding hydrogens is 632 g/mol. The topological polar surface area (TPSA) is 107 Å². The molecule has 0 aliphatic carbocycles. The average molecular weight is 665 g/mol. The number of carbonyl (C=O) groups is 1. The molecule has 0 spiro atoms. The monoisotopic (exact) mass is 664 g/mol. The second-order valence-corrected chi connectivity index (χ2v) is 12.1. The van der Waals surface area contributed by atoms with Crippen LogP contribution in [0.25, 0.3) is 16.8 Å². The van der Waals surface area contributed by atoms with Gasteiger partial charge in [-0.3, -0.25) is 9.36 Å². The summed E-state index contributed by atoms with van der Waals surface area (Å²) in [6, 6.07) is 21.9. The predicted molar refractivity (Wildman–Crippen MR) is 181 cm³/mol. The molecule has 2 aliphatic heterocycles. The van der Waals surface area contributed by atoms with E-state index in [0.717, 1.165) is 21.9 Å². The Labute approximate surface area is 279 Å². The summed E-state index contributed by atoms with van der Waals surface area (Å²) in [7, 11) is 3.14. The molecule has 0 saturated carbocycles. The summed E-state index contributed by atoms with van der Waals surface area (Å²) in [6.07, 6.45) is 1.79. The number of methoxy groups -OCH3 is 2. The molecule has 3 heterocycles. The van der Waals surface area contributed by atoms with Crippen molar-refractivity contribution in [2.24, 2.45) is 4.99 Å². The molecule has 5 aromatic rings.